The van der Waals surface area contributed by atoms with Crippen LogP contribution in [0.5, 0.6) is 5.75 Å². The molecule has 3 heterocycles. The molecule has 10 atom stereocenters. The van der Waals surface area contributed by atoms with Crippen molar-refractivity contribution in [1.82, 2.24) is 0 Å². The number of carbonyl (C=O) groups excluding carboxylic acids is 1. The molecule has 3 aliphatic carbocycles. The maximum Gasteiger partial charge on any atom is 0.186 e. The number of aromatic hydroxyl groups is 1. The zero-order chi connectivity index (χ0) is 23.8. The number of benzene rings is 1. The predicted octanol–water partition coefficient (Wildman–Crippen LogP) is 3.87. The molecule has 1 aromatic rings. The second kappa shape index (κ2) is 6.33. The van der Waals surface area contributed by atoms with Gasteiger partial charge in [0.1, 0.15) is 22.6 Å². The number of aliphatic hydroxyl groups excluding tert-OH is 1. The van der Waals surface area contributed by atoms with Crippen LogP contribution in [0, 0.1) is 11.3 Å². The van der Waals surface area contributed by atoms with Crippen molar-refractivity contribution in [2.24, 2.45) is 11.3 Å². The van der Waals surface area contributed by atoms with Crippen LogP contribution in [-0.4, -0.2) is 51.3 Å². The molecular weight excluding hydrogens is 432 g/mol. The van der Waals surface area contributed by atoms with Gasteiger partial charge >= 0.3 is 0 Å². The number of ether oxygens (including phenoxy) is 3. The predicted molar refractivity (Wildman–Crippen MR) is 124 cm³/mol. The Bertz CT molecular complexity index is 1140. The minimum Gasteiger partial charge on any atom is -0.508 e. The highest BCUT2D eigenvalue weighted by atomic mass is 16.7. The number of carbonyl (C=O) groups is 1. The van der Waals surface area contributed by atoms with Crippen molar-refractivity contribution in [3.05, 3.63) is 41.0 Å². The first-order valence-electron chi connectivity index (χ1n) is 12.8. The van der Waals surface area contributed by atoms with Crippen molar-refractivity contribution in [3.63, 3.8) is 0 Å². The molecule has 4 fully saturated rings. The summed E-state index contributed by atoms with van der Waals surface area (Å²) >= 11 is 0. The third-order valence-electron chi connectivity index (χ3n) is 10.8. The molecule has 3 aliphatic heterocycles. The third kappa shape index (κ3) is 2.39. The van der Waals surface area contributed by atoms with E-state index < -0.39 is 17.3 Å². The molecule has 6 heteroatoms. The molecule has 182 valence electrons. The summed E-state index contributed by atoms with van der Waals surface area (Å²) in [4.78, 5) is 13.2. The van der Waals surface area contributed by atoms with Crippen molar-refractivity contribution in [1.29, 1.82) is 0 Å². The maximum atomic E-state index is 13.2. The SMILES string of the molecule is CC(c1cc(O)c2c(c1)CCC1C2CC2OC23CC=CC(=O)C13C)C1CC2(C)OC2(C)C(O)O1. The van der Waals surface area contributed by atoms with E-state index in [2.05, 4.69) is 19.9 Å². The molecule has 1 saturated carbocycles. The first-order valence-corrected chi connectivity index (χ1v) is 12.8. The second-order valence-electron chi connectivity index (χ2n) is 12.2. The molecule has 34 heavy (non-hydrogen) atoms. The standard InChI is InChI=1S/C28H34O6/c1-14(20-13-25(2)27(4,34-25)24(31)32-20)16-10-15-7-8-18-17(23(15)19(29)11-16)12-22-28(33-22)9-5-6-21(30)26(18,28)3/h5-6,10-11,14,17-18,20,22,24,29,31H,7-9,12-13H2,1-4H3. The highest BCUT2D eigenvalue weighted by molar-refractivity contribution is 5.98. The highest BCUT2D eigenvalue weighted by Crippen LogP contribution is 2.69. The van der Waals surface area contributed by atoms with Crippen molar-refractivity contribution < 1.29 is 29.2 Å². The van der Waals surface area contributed by atoms with Gasteiger partial charge < -0.3 is 24.4 Å². The van der Waals surface area contributed by atoms with E-state index in [1.165, 1.54) is 5.56 Å². The number of aliphatic hydroxyl groups is 1. The number of phenols is 1. The number of ketones is 1. The molecule has 0 bridgehead atoms. The van der Waals surface area contributed by atoms with Gasteiger partial charge in [-0.15, -0.1) is 0 Å². The lowest BCUT2D eigenvalue weighted by atomic mass is 9.49. The van der Waals surface area contributed by atoms with Crippen LogP contribution in [0.1, 0.15) is 81.9 Å². The van der Waals surface area contributed by atoms with Crippen LogP contribution in [0.2, 0.25) is 0 Å². The summed E-state index contributed by atoms with van der Waals surface area (Å²) in [7, 11) is 0. The number of hydrogen-bond acceptors (Lipinski definition) is 6. The largest absolute Gasteiger partial charge is 0.508 e. The lowest BCUT2D eigenvalue weighted by Gasteiger charge is -2.51. The molecule has 0 radical (unpaired) electrons. The van der Waals surface area contributed by atoms with Crippen LogP contribution in [-0.2, 0) is 25.4 Å². The van der Waals surface area contributed by atoms with Gasteiger partial charge in [0.2, 0.25) is 0 Å². The van der Waals surface area contributed by atoms with Gasteiger partial charge in [0.05, 0.1) is 17.6 Å². The second-order valence-corrected chi connectivity index (χ2v) is 12.2. The van der Waals surface area contributed by atoms with Gasteiger partial charge in [0.15, 0.2) is 12.1 Å². The lowest BCUT2D eigenvalue weighted by molar-refractivity contribution is -0.187. The minimum atomic E-state index is -0.949. The monoisotopic (exact) mass is 466 g/mol. The molecule has 1 spiro atoms. The van der Waals surface area contributed by atoms with E-state index in [0.717, 1.165) is 36.8 Å². The Hall–Kier alpha value is -1.73. The summed E-state index contributed by atoms with van der Waals surface area (Å²) in [6.45, 7) is 8.14. The Morgan fingerprint density at radius 1 is 1.21 bits per heavy atom. The molecule has 1 aromatic carbocycles. The van der Waals surface area contributed by atoms with E-state index in [9.17, 15) is 15.0 Å². The van der Waals surface area contributed by atoms with Gasteiger partial charge in [0.25, 0.3) is 0 Å². The van der Waals surface area contributed by atoms with Gasteiger partial charge in [-0.3, -0.25) is 4.79 Å². The number of aryl methyl sites for hydroxylation is 1. The highest BCUT2D eigenvalue weighted by Gasteiger charge is 2.76. The Morgan fingerprint density at radius 3 is 2.76 bits per heavy atom. The van der Waals surface area contributed by atoms with E-state index in [1.54, 1.807) is 6.08 Å². The maximum absolute atomic E-state index is 13.2. The van der Waals surface area contributed by atoms with Gasteiger partial charge in [-0.2, -0.15) is 0 Å². The average molecular weight is 467 g/mol. The van der Waals surface area contributed by atoms with Crippen molar-refractivity contribution in [2.75, 3.05) is 0 Å². The summed E-state index contributed by atoms with van der Waals surface area (Å²) in [6, 6.07) is 4.10. The van der Waals surface area contributed by atoms with E-state index in [0.29, 0.717) is 12.2 Å². The Balaban J connectivity index is 1.21. The van der Waals surface area contributed by atoms with Crippen molar-refractivity contribution in [3.8, 4) is 5.75 Å². The quantitative estimate of drug-likeness (QED) is 0.643. The molecule has 2 N–H and O–H groups in total. The first kappa shape index (κ1) is 21.5. The molecule has 0 aromatic heterocycles. The summed E-state index contributed by atoms with van der Waals surface area (Å²) in [6.07, 6.45) is 6.82. The smallest absolute Gasteiger partial charge is 0.186 e. The van der Waals surface area contributed by atoms with Gasteiger partial charge in [0, 0.05) is 17.9 Å². The van der Waals surface area contributed by atoms with E-state index in [1.807, 2.05) is 26.0 Å². The molecular formula is C28H34O6. The first-order chi connectivity index (χ1) is 16.0. The van der Waals surface area contributed by atoms with Gasteiger partial charge in [-0.05, 0) is 81.6 Å². The van der Waals surface area contributed by atoms with Gasteiger partial charge in [-0.25, -0.2) is 0 Å². The molecule has 3 saturated heterocycles. The fraction of sp³-hybridized carbons (Fsp3) is 0.679. The van der Waals surface area contributed by atoms with E-state index in [-0.39, 0.29) is 46.9 Å². The number of fused-ring (bicyclic) bond motifs is 5. The van der Waals surface area contributed by atoms with Gasteiger partial charge in [-0.1, -0.05) is 19.1 Å². The third-order valence-corrected chi connectivity index (χ3v) is 10.8. The molecule has 7 rings (SSSR count). The Morgan fingerprint density at radius 2 is 2.00 bits per heavy atom. The molecule has 6 aliphatic rings. The molecule has 6 nitrogen and oxygen atoms in total. The van der Waals surface area contributed by atoms with Crippen LogP contribution >= 0.6 is 0 Å². The van der Waals surface area contributed by atoms with Crippen LogP contribution < -0.4 is 0 Å². The average Bonchev–Trinajstić information content (AvgIpc) is 3.64. The van der Waals surface area contributed by atoms with Crippen molar-refractivity contribution in [2.45, 2.75) is 107 Å². The number of epoxide rings is 2. The normalized spacial score (nSPS) is 50.9. The Labute approximate surface area is 200 Å². The fourth-order valence-electron chi connectivity index (χ4n) is 8.30. The van der Waals surface area contributed by atoms with Crippen LogP contribution in [0.15, 0.2) is 24.3 Å². The topological polar surface area (TPSA) is 91.8 Å². The number of rotatable bonds is 2. The zero-order valence-electron chi connectivity index (χ0n) is 20.3. The Kier molecular flexibility index (Phi) is 4.01. The summed E-state index contributed by atoms with van der Waals surface area (Å²) in [5, 5.41) is 21.8. The number of allylic oxidation sites excluding steroid dienone is 1. The summed E-state index contributed by atoms with van der Waals surface area (Å²) in [5.41, 5.74) is 1.35. The number of hydrogen-bond donors (Lipinski definition) is 2. The minimum absolute atomic E-state index is 0.00231. The zero-order valence-corrected chi connectivity index (χ0v) is 20.3. The lowest BCUT2D eigenvalue weighted by Crippen LogP contribution is -2.56. The summed E-state index contributed by atoms with van der Waals surface area (Å²) < 4.78 is 18.1. The fourth-order valence-corrected chi connectivity index (χ4v) is 8.30. The molecule has 0 amide bonds. The van der Waals surface area contributed by atoms with Crippen LogP contribution in [0.4, 0.5) is 0 Å². The van der Waals surface area contributed by atoms with Crippen LogP contribution in [0.3, 0.4) is 0 Å². The van der Waals surface area contributed by atoms with Crippen LogP contribution in [0.25, 0.3) is 0 Å². The molecule has 10 unspecified atom stereocenters. The summed E-state index contributed by atoms with van der Waals surface area (Å²) in [5.74, 6) is 0.801. The number of phenolic OH excluding ortho intramolecular Hbond substituents is 1. The van der Waals surface area contributed by atoms with E-state index in [4.69, 9.17) is 14.2 Å². The van der Waals surface area contributed by atoms with Crippen molar-refractivity contribution >= 4 is 5.78 Å². The van der Waals surface area contributed by atoms with E-state index >= 15 is 0 Å².